The largest absolute Gasteiger partial charge is 0.260 e. The molecule has 0 unspecified atom stereocenters. The van der Waals surface area contributed by atoms with Gasteiger partial charge in [-0.15, -0.1) is 11.3 Å². The summed E-state index contributed by atoms with van der Waals surface area (Å²) in [7, 11) is 0. The Labute approximate surface area is 162 Å². The van der Waals surface area contributed by atoms with Crippen molar-refractivity contribution in [2.24, 2.45) is 5.10 Å². The van der Waals surface area contributed by atoms with Gasteiger partial charge in [-0.05, 0) is 62.3 Å². The molecule has 1 N–H and O–H groups in total. The molecule has 2 aromatic heterocycles. The third-order valence-corrected chi connectivity index (χ3v) is 6.17. The second-order valence-electron chi connectivity index (χ2n) is 6.54. The van der Waals surface area contributed by atoms with Crippen LogP contribution in [0.4, 0.5) is 5.82 Å². The molecular weight excluding hydrogens is 364 g/mol. The molecule has 2 heterocycles. The van der Waals surface area contributed by atoms with E-state index in [1.165, 1.54) is 23.3 Å². The van der Waals surface area contributed by atoms with Crippen molar-refractivity contribution in [2.75, 3.05) is 5.43 Å². The molecule has 0 fully saturated rings. The topological polar surface area (TPSA) is 50.2 Å². The monoisotopic (exact) mass is 384 g/mol. The summed E-state index contributed by atoms with van der Waals surface area (Å²) >= 11 is 7.81. The fourth-order valence-corrected chi connectivity index (χ4v) is 4.89. The van der Waals surface area contributed by atoms with Gasteiger partial charge in [-0.1, -0.05) is 30.7 Å². The van der Waals surface area contributed by atoms with Crippen LogP contribution in [0, 0.1) is 6.92 Å². The molecule has 0 saturated heterocycles. The molecule has 4 nitrogen and oxygen atoms in total. The normalized spacial score (nSPS) is 14.5. The zero-order valence-electron chi connectivity index (χ0n) is 15.0. The Kier molecular flexibility index (Phi) is 4.92. The Morgan fingerprint density at radius 2 is 1.96 bits per heavy atom. The van der Waals surface area contributed by atoms with Crippen molar-refractivity contribution in [3.8, 4) is 0 Å². The van der Waals surface area contributed by atoms with Crippen LogP contribution in [-0.4, -0.2) is 15.7 Å². The van der Waals surface area contributed by atoms with Gasteiger partial charge in [-0.3, -0.25) is 5.43 Å². The highest BCUT2D eigenvalue weighted by Crippen LogP contribution is 2.38. The molecule has 6 heteroatoms. The molecule has 1 aromatic carbocycles. The number of aromatic nitrogens is 2. The second-order valence-corrected chi connectivity index (χ2v) is 8.06. The number of hydrogen-bond donors (Lipinski definition) is 1. The molecule has 0 spiro atoms. The molecular formula is C20H21ClN4S. The average Bonchev–Trinajstić information content (AvgIpc) is 3.01. The van der Waals surface area contributed by atoms with E-state index in [0.717, 1.165) is 57.4 Å². The Balaban J connectivity index is 1.74. The molecule has 0 saturated carbocycles. The van der Waals surface area contributed by atoms with Gasteiger partial charge in [0.1, 0.15) is 10.7 Å². The minimum Gasteiger partial charge on any atom is -0.260 e. The maximum Gasteiger partial charge on any atom is 0.159 e. The number of fused-ring (bicyclic) bond motifs is 3. The number of halogens is 1. The molecule has 0 bridgehead atoms. The molecule has 0 aliphatic heterocycles. The Morgan fingerprint density at radius 1 is 1.19 bits per heavy atom. The summed E-state index contributed by atoms with van der Waals surface area (Å²) in [5, 5.41) is 6.56. The van der Waals surface area contributed by atoms with Crippen molar-refractivity contribution >= 4 is 44.7 Å². The van der Waals surface area contributed by atoms with Crippen LogP contribution < -0.4 is 5.43 Å². The first-order chi connectivity index (χ1) is 12.7. The van der Waals surface area contributed by atoms with Crippen LogP contribution in [-0.2, 0) is 12.8 Å². The van der Waals surface area contributed by atoms with Gasteiger partial charge in [0, 0.05) is 9.90 Å². The third-order valence-electron chi connectivity index (χ3n) is 4.74. The number of hydrazone groups is 1. The number of benzene rings is 1. The van der Waals surface area contributed by atoms with E-state index in [1.807, 2.05) is 42.5 Å². The van der Waals surface area contributed by atoms with Crippen molar-refractivity contribution < 1.29 is 0 Å². The van der Waals surface area contributed by atoms with Crippen LogP contribution in [0.2, 0.25) is 5.02 Å². The van der Waals surface area contributed by atoms with Gasteiger partial charge >= 0.3 is 0 Å². The summed E-state index contributed by atoms with van der Waals surface area (Å²) in [6.45, 7) is 4.04. The molecule has 4 rings (SSSR count). The van der Waals surface area contributed by atoms with Gasteiger partial charge in [0.15, 0.2) is 5.82 Å². The van der Waals surface area contributed by atoms with Gasteiger partial charge in [-0.2, -0.15) is 5.10 Å². The maximum absolute atomic E-state index is 6.00. The first-order valence-corrected chi connectivity index (χ1v) is 10.2. The van der Waals surface area contributed by atoms with E-state index in [4.69, 9.17) is 11.6 Å². The average molecular weight is 385 g/mol. The van der Waals surface area contributed by atoms with Crippen molar-refractivity contribution in [3.05, 3.63) is 51.1 Å². The minimum atomic E-state index is 0.732. The number of thiophene rings is 1. The lowest BCUT2D eigenvalue weighted by molar-refractivity contribution is 0.700. The van der Waals surface area contributed by atoms with E-state index in [-0.39, 0.29) is 0 Å². The van der Waals surface area contributed by atoms with E-state index in [1.54, 1.807) is 0 Å². The van der Waals surface area contributed by atoms with Gasteiger partial charge < -0.3 is 0 Å². The smallest absolute Gasteiger partial charge is 0.159 e. The van der Waals surface area contributed by atoms with Crippen molar-refractivity contribution in [1.82, 2.24) is 9.97 Å². The van der Waals surface area contributed by atoms with E-state index in [0.29, 0.717) is 0 Å². The number of nitrogens with one attached hydrogen (secondary N) is 1. The molecule has 0 atom stereocenters. The first-order valence-electron chi connectivity index (χ1n) is 9.03. The van der Waals surface area contributed by atoms with Crippen LogP contribution in [0.5, 0.6) is 0 Å². The zero-order valence-corrected chi connectivity index (χ0v) is 16.5. The summed E-state index contributed by atoms with van der Waals surface area (Å²) in [5.74, 6) is 1.60. The van der Waals surface area contributed by atoms with Crippen LogP contribution in [0.3, 0.4) is 0 Å². The second kappa shape index (κ2) is 7.33. The zero-order chi connectivity index (χ0) is 18.1. The summed E-state index contributed by atoms with van der Waals surface area (Å²) in [6, 6.07) is 7.79. The molecule has 3 aromatic rings. The van der Waals surface area contributed by atoms with Gasteiger partial charge in [0.2, 0.25) is 0 Å². The molecule has 134 valence electrons. The number of nitrogens with zero attached hydrogens (tertiary/aromatic N) is 3. The Bertz CT molecular complexity index is 976. The molecule has 1 aliphatic carbocycles. The molecule has 26 heavy (non-hydrogen) atoms. The molecule has 1 aliphatic rings. The minimum absolute atomic E-state index is 0.732. The van der Waals surface area contributed by atoms with E-state index >= 15 is 0 Å². The van der Waals surface area contributed by atoms with Crippen molar-refractivity contribution in [1.29, 1.82) is 0 Å². The summed E-state index contributed by atoms with van der Waals surface area (Å²) in [5.41, 5.74) is 6.70. The summed E-state index contributed by atoms with van der Waals surface area (Å²) in [6.07, 6.45) is 5.59. The van der Waals surface area contributed by atoms with Gasteiger partial charge in [0.05, 0.1) is 11.1 Å². The standard InChI is InChI=1S/C20H21ClN4S/c1-3-16(13-8-10-14(21)11-9-13)24-25-19-18-15-6-4-5-7-17(15)26-20(18)23-12(2)22-19/h8-11H,3-7H2,1-2H3,(H,22,23,25). The quantitative estimate of drug-likeness (QED) is 0.459. The SMILES string of the molecule is CCC(=NNc1nc(C)nc2sc3c(c12)CCCC3)c1ccc(Cl)cc1. The number of aryl methyl sites for hydroxylation is 3. The van der Waals surface area contributed by atoms with E-state index < -0.39 is 0 Å². The summed E-state index contributed by atoms with van der Waals surface area (Å²) in [4.78, 5) is 11.9. The summed E-state index contributed by atoms with van der Waals surface area (Å²) < 4.78 is 0. The third kappa shape index (κ3) is 3.33. The Hall–Kier alpha value is -1.98. The number of rotatable bonds is 4. The lowest BCUT2D eigenvalue weighted by atomic mass is 9.97. The van der Waals surface area contributed by atoms with Gasteiger partial charge in [-0.25, -0.2) is 9.97 Å². The van der Waals surface area contributed by atoms with Gasteiger partial charge in [0.25, 0.3) is 0 Å². The molecule has 0 radical (unpaired) electrons. The van der Waals surface area contributed by atoms with Crippen LogP contribution in [0.15, 0.2) is 29.4 Å². The van der Waals surface area contributed by atoms with Crippen molar-refractivity contribution in [2.45, 2.75) is 46.0 Å². The number of hydrogen-bond acceptors (Lipinski definition) is 5. The Morgan fingerprint density at radius 3 is 2.73 bits per heavy atom. The number of anilines is 1. The lowest BCUT2D eigenvalue weighted by Gasteiger charge is -2.12. The van der Waals surface area contributed by atoms with Crippen LogP contribution in [0.1, 0.15) is 48.0 Å². The predicted molar refractivity (Wildman–Crippen MR) is 111 cm³/mol. The maximum atomic E-state index is 6.00. The predicted octanol–water partition coefficient (Wildman–Crippen LogP) is 5.76. The highest BCUT2D eigenvalue weighted by Gasteiger charge is 2.20. The highest BCUT2D eigenvalue weighted by molar-refractivity contribution is 7.19. The highest BCUT2D eigenvalue weighted by atomic mass is 35.5. The molecule has 0 amide bonds. The van der Waals surface area contributed by atoms with Crippen molar-refractivity contribution in [3.63, 3.8) is 0 Å². The van der Waals surface area contributed by atoms with Crippen LogP contribution >= 0.6 is 22.9 Å². The van der Waals surface area contributed by atoms with E-state index in [2.05, 4.69) is 27.4 Å². The first kappa shape index (κ1) is 17.4. The fraction of sp³-hybridized carbons (Fsp3) is 0.350. The lowest BCUT2D eigenvalue weighted by Crippen LogP contribution is -2.06. The van der Waals surface area contributed by atoms with E-state index in [9.17, 15) is 0 Å². The fourth-order valence-electron chi connectivity index (χ4n) is 3.46. The van der Waals surface area contributed by atoms with Crippen LogP contribution in [0.25, 0.3) is 10.2 Å².